The first kappa shape index (κ1) is 17.1. The molecule has 0 fully saturated rings. The van der Waals surface area contributed by atoms with Gasteiger partial charge in [0, 0.05) is 42.1 Å². The molecular weight excluding hydrogens is 334 g/mol. The maximum Gasteiger partial charge on any atom is 0.127 e. The van der Waals surface area contributed by atoms with Gasteiger partial charge in [-0.25, -0.2) is 4.99 Å². The molecule has 5 heteroatoms. The Labute approximate surface area is 159 Å². The van der Waals surface area contributed by atoms with Crippen LogP contribution in [0.25, 0.3) is 10.9 Å². The average molecular weight is 357 g/mol. The third-order valence-electron chi connectivity index (χ3n) is 4.86. The highest BCUT2D eigenvalue weighted by Crippen LogP contribution is 2.20. The molecule has 0 saturated heterocycles. The first-order valence-electron chi connectivity index (χ1n) is 9.13. The molecule has 1 aliphatic rings. The van der Waals surface area contributed by atoms with Crippen LogP contribution in [0.2, 0.25) is 0 Å². The zero-order valence-corrected chi connectivity index (χ0v) is 15.2. The van der Waals surface area contributed by atoms with Crippen LogP contribution in [0.5, 0.6) is 0 Å². The molecule has 2 aromatic carbocycles. The predicted octanol–water partition coefficient (Wildman–Crippen LogP) is 4.21. The van der Waals surface area contributed by atoms with Gasteiger partial charge in [-0.05, 0) is 54.6 Å². The van der Waals surface area contributed by atoms with Gasteiger partial charge in [-0.2, -0.15) is 0 Å². The van der Waals surface area contributed by atoms with Gasteiger partial charge in [0.1, 0.15) is 12.5 Å². The number of hydrogen-bond acceptors (Lipinski definition) is 3. The Morgan fingerprint density at radius 3 is 2.96 bits per heavy atom. The summed E-state index contributed by atoms with van der Waals surface area (Å²) in [4.78, 5) is 14.1. The lowest BCUT2D eigenvalue weighted by Gasteiger charge is -2.30. The van der Waals surface area contributed by atoms with Crippen molar-refractivity contribution in [1.29, 1.82) is 0 Å². The summed E-state index contributed by atoms with van der Waals surface area (Å²) in [6, 6.07) is 16.9. The van der Waals surface area contributed by atoms with Crippen LogP contribution in [-0.4, -0.2) is 35.7 Å². The highest BCUT2D eigenvalue weighted by molar-refractivity contribution is 5.93. The number of aromatic amines is 1. The summed E-state index contributed by atoms with van der Waals surface area (Å²) in [6.07, 6.45) is 6.61. The second-order valence-electron chi connectivity index (χ2n) is 6.57. The Bertz CT molecular complexity index is 999. The number of nitrogens with one attached hydrogen (secondary N) is 2. The Morgan fingerprint density at radius 2 is 2.07 bits per heavy atom. The lowest BCUT2D eigenvalue weighted by Crippen LogP contribution is -2.35. The Balaban J connectivity index is 1.48. The molecule has 0 aliphatic carbocycles. The number of benzene rings is 2. The average Bonchev–Trinajstić information content (AvgIpc) is 3.18. The Kier molecular flexibility index (Phi) is 5.01. The summed E-state index contributed by atoms with van der Waals surface area (Å²) < 4.78 is 0. The third-order valence-corrected chi connectivity index (χ3v) is 4.86. The molecule has 0 spiro atoms. The number of fused-ring (bicyclic) bond motifs is 2. The van der Waals surface area contributed by atoms with E-state index in [2.05, 4.69) is 75.4 Å². The van der Waals surface area contributed by atoms with Crippen LogP contribution in [0.4, 0.5) is 5.69 Å². The van der Waals surface area contributed by atoms with E-state index in [1.165, 1.54) is 16.5 Å². The van der Waals surface area contributed by atoms with Gasteiger partial charge in [-0.3, -0.25) is 4.99 Å². The number of aliphatic imine (C=N–C) groups is 2. The van der Waals surface area contributed by atoms with E-state index in [9.17, 15) is 0 Å². The van der Waals surface area contributed by atoms with Gasteiger partial charge in [0.05, 0.1) is 0 Å². The molecule has 0 unspecified atom stereocenters. The lowest BCUT2D eigenvalue weighted by molar-refractivity contribution is 0.394. The first-order chi connectivity index (χ1) is 13.3. The monoisotopic (exact) mass is 357 g/mol. The largest absolute Gasteiger partial charge is 0.366 e. The lowest BCUT2D eigenvalue weighted by atomic mass is 10.00. The quantitative estimate of drug-likeness (QED) is 0.531. The minimum Gasteiger partial charge on any atom is -0.366 e. The molecule has 2 heterocycles. The number of H-pyrrole nitrogens is 1. The fraction of sp³-hybridized carbons (Fsp3) is 0.182. The van der Waals surface area contributed by atoms with Crippen molar-refractivity contribution < 1.29 is 0 Å². The van der Waals surface area contributed by atoms with E-state index in [1.807, 2.05) is 12.3 Å². The van der Waals surface area contributed by atoms with Crippen LogP contribution >= 0.6 is 0 Å². The zero-order chi connectivity index (χ0) is 18.5. The summed E-state index contributed by atoms with van der Waals surface area (Å²) in [5.74, 6) is 0.923. The second-order valence-corrected chi connectivity index (χ2v) is 6.57. The molecule has 0 amide bonds. The molecule has 5 nitrogen and oxygen atoms in total. The Morgan fingerprint density at radius 1 is 1.19 bits per heavy atom. The van der Waals surface area contributed by atoms with Gasteiger partial charge in [0.2, 0.25) is 0 Å². The number of anilines is 1. The van der Waals surface area contributed by atoms with Crippen LogP contribution in [0.15, 0.2) is 77.0 Å². The van der Waals surface area contributed by atoms with Crippen molar-refractivity contribution in [1.82, 2.24) is 9.88 Å². The van der Waals surface area contributed by atoms with Crippen molar-refractivity contribution in [2.45, 2.75) is 13.0 Å². The van der Waals surface area contributed by atoms with Crippen molar-refractivity contribution in [3.05, 3.63) is 78.1 Å². The molecule has 1 aromatic heterocycles. The molecule has 27 heavy (non-hydrogen) atoms. The van der Waals surface area contributed by atoms with Gasteiger partial charge in [-0.1, -0.05) is 24.3 Å². The van der Waals surface area contributed by atoms with Gasteiger partial charge >= 0.3 is 0 Å². The molecule has 0 saturated carbocycles. The van der Waals surface area contributed by atoms with Crippen molar-refractivity contribution in [3.63, 3.8) is 0 Å². The number of nitrogens with zero attached hydrogens (tertiary/aromatic N) is 3. The van der Waals surface area contributed by atoms with E-state index in [1.54, 1.807) is 6.20 Å². The number of amidine groups is 1. The summed E-state index contributed by atoms with van der Waals surface area (Å²) >= 11 is 0. The van der Waals surface area contributed by atoms with Crippen molar-refractivity contribution in [3.8, 4) is 0 Å². The van der Waals surface area contributed by atoms with E-state index >= 15 is 0 Å². The highest BCUT2D eigenvalue weighted by Gasteiger charge is 2.17. The molecule has 1 aliphatic heterocycles. The summed E-state index contributed by atoms with van der Waals surface area (Å²) in [5.41, 5.74) is 4.98. The van der Waals surface area contributed by atoms with E-state index in [0.717, 1.165) is 36.6 Å². The van der Waals surface area contributed by atoms with Crippen LogP contribution in [0.1, 0.15) is 11.1 Å². The van der Waals surface area contributed by atoms with Gasteiger partial charge in [0.15, 0.2) is 0 Å². The summed E-state index contributed by atoms with van der Waals surface area (Å²) in [7, 11) is 0. The fourth-order valence-electron chi connectivity index (χ4n) is 3.44. The molecule has 4 rings (SSSR count). The fourth-order valence-corrected chi connectivity index (χ4v) is 3.44. The summed E-state index contributed by atoms with van der Waals surface area (Å²) in [6.45, 7) is 5.86. The van der Waals surface area contributed by atoms with E-state index in [-0.39, 0.29) is 0 Å². The predicted molar refractivity (Wildman–Crippen MR) is 113 cm³/mol. The zero-order valence-electron chi connectivity index (χ0n) is 15.2. The first-order valence-corrected chi connectivity index (χ1v) is 9.13. The normalized spacial score (nSPS) is 14.5. The van der Waals surface area contributed by atoms with E-state index in [4.69, 9.17) is 4.99 Å². The van der Waals surface area contributed by atoms with Crippen molar-refractivity contribution in [2.75, 3.05) is 18.5 Å². The van der Waals surface area contributed by atoms with Crippen LogP contribution < -0.4 is 5.32 Å². The van der Waals surface area contributed by atoms with Gasteiger partial charge in [-0.15, -0.1) is 0 Å². The van der Waals surface area contributed by atoms with Crippen LogP contribution in [0, 0.1) is 0 Å². The summed E-state index contributed by atoms with van der Waals surface area (Å²) in [5, 5.41) is 4.57. The Hall–Kier alpha value is -3.34. The van der Waals surface area contributed by atoms with E-state index < -0.39 is 0 Å². The molecular formula is C22H23N5. The van der Waals surface area contributed by atoms with Crippen LogP contribution in [-0.2, 0) is 13.0 Å². The number of aromatic nitrogens is 1. The highest BCUT2D eigenvalue weighted by atomic mass is 15.2. The number of rotatable bonds is 5. The van der Waals surface area contributed by atoms with Crippen molar-refractivity contribution in [2.24, 2.45) is 9.98 Å². The van der Waals surface area contributed by atoms with Gasteiger partial charge < -0.3 is 15.2 Å². The van der Waals surface area contributed by atoms with Crippen LogP contribution in [0.3, 0.4) is 0 Å². The molecule has 3 aromatic rings. The molecule has 0 atom stereocenters. The van der Waals surface area contributed by atoms with Gasteiger partial charge in [0.25, 0.3) is 0 Å². The molecule has 0 radical (unpaired) electrons. The topological polar surface area (TPSA) is 55.8 Å². The third kappa shape index (κ3) is 3.92. The second kappa shape index (κ2) is 7.91. The van der Waals surface area contributed by atoms with E-state index in [0.29, 0.717) is 6.67 Å². The standard InChI is InChI=1S/C22H23N5/c1-23-11-9-22(27-13-10-17-4-2-3-5-19(17)15-27)26-16-25-20-6-7-21-18(14-20)8-12-24-21/h2-9,11-12,14,24-25H,1,10,13,15-16H2/b11-9-,26-22?. The van der Waals surface area contributed by atoms with Crippen molar-refractivity contribution >= 4 is 29.1 Å². The SMILES string of the molecule is C=N/C=C\C(=NCNc1ccc2[nH]ccc2c1)N1CCc2ccccc2C1. The smallest absolute Gasteiger partial charge is 0.127 e. The number of hydrogen-bond donors (Lipinski definition) is 2. The maximum atomic E-state index is 4.77. The maximum absolute atomic E-state index is 4.77. The minimum absolute atomic E-state index is 0.505. The minimum atomic E-state index is 0.505. The molecule has 2 N–H and O–H groups in total. The molecule has 0 bridgehead atoms. The molecule has 136 valence electrons.